The molecule has 2 fully saturated rings. The van der Waals surface area contributed by atoms with Crippen LogP contribution in [0, 0.1) is 5.92 Å². The zero-order chi connectivity index (χ0) is 26.7. The normalized spacial score (nSPS) is 20.4. The van der Waals surface area contributed by atoms with E-state index in [-0.39, 0.29) is 12.5 Å². The predicted octanol–water partition coefficient (Wildman–Crippen LogP) is 3.56. The van der Waals surface area contributed by atoms with Gasteiger partial charge in [0.05, 0.1) is 30.5 Å². The van der Waals surface area contributed by atoms with Crippen LogP contribution in [0.25, 0.3) is 22.3 Å². The van der Waals surface area contributed by atoms with Crippen LogP contribution in [0.15, 0.2) is 42.7 Å². The third-order valence-corrected chi connectivity index (χ3v) is 6.72. The molecule has 2 aliphatic heterocycles. The largest absolute Gasteiger partial charge is 0.444 e. The Labute approximate surface area is 223 Å². The lowest BCUT2D eigenvalue weighted by Gasteiger charge is -2.36. The van der Waals surface area contributed by atoms with Crippen molar-refractivity contribution in [3.8, 4) is 11.3 Å². The minimum atomic E-state index is -0.608. The fourth-order valence-electron chi connectivity index (χ4n) is 4.95. The third-order valence-electron chi connectivity index (χ3n) is 6.72. The molecule has 10 nitrogen and oxygen atoms in total. The Morgan fingerprint density at radius 1 is 1.13 bits per heavy atom. The number of aliphatic hydroxyl groups excluding tert-OH is 1. The first-order chi connectivity index (χ1) is 18.2. The summed E-state index contributed by atoms with van der Waals surface area (Å²) < 4.78 is 11.0. The number of aliphatic hydroxyl groups is 1. The van der Waals surface area contributed by atoms with Crippen molar-refractivity contribution >= 4 is 28.6 Å². The number of rotatable bonds is 5. The van der Waals surface area contributed by atoms with E-state index in [4.69, 9.17) is 14.5 Å². The van der Waals surface area contributed by atoms with Gasteiger partial charge in [-0.3, -0.25) is 4.98 Å². The molecular weight excluding hydrogens is 484 g/mol. The van der Waals surface area contributed by atoms with Crippen LogP contribution < -0.4 is 10.2 Å². The Kier molecular flexibility index (Phi) is 7.62. The van der Waals surface area contributed by atoms with Gasteiger partial charge in [-0.2, -0.15) is 0 Å². The fraction of sp³-hybridized carbons (Fsp3) is 0.500. The summed E-state index contributed by atoms with van der Waals surface area (Å²) in [7, 11) is 0. The van der Waals surface area contributed by atoms with Crippen LogP contribution in [-0.4, -0.2) is 88.7 Å². The SMILES string of the molecule is CC(C)(C)OC(=O)N1CC(O)CC(CNc2nc(-c3ccc(N4CCOCC4)cc3)cc3nccnc23)C1. The number of amides is 1. The minimum Gasteiger partial charge on any atom is -0.444 e. The van der Waals surface area contributed by atoms with Gasteiger partial charge in [0.25, 0.3) is 0 Å². The molecular formula is C28H36N6O4. The highest BCUT2D eigenvalue weighted by Crippen LogP contribution is 2.28. The van der Waals surface area contributed by atoms with E-state index in [1.807, 2.05) is 26.8 Å². The Balaban J connectivity index is 1.33. The molecule has 0 radical (unpaired) electrons. The van der Waals surface area contributed by atoms with Crippen LogP contribution in [-0.2, 0) is 9.47 Å². The van der Waals surface area contributed by atoms with Crippen LogP contribution in [0.3, 0.4) is 0 Å². The van der Waals surface area contributed by atoms with Crippen LogP contribution in [0.4, 0.5) is 16.3 Å². The van der Waals surface area contributed by atoms with Crippen LogP contribution in [0.5, 0.6) is 0 Å². The number of nitrogens with one attached hydrogen (secondary N) is 1. The maximum Gasteiger partial charge on any atom is 0.410 e. The lowest BCUT2D eigenvalue weighted by atomic mass is 9.96. The Morgan fingerprint density at radius 2 is 1.87 bits per heavy atom. The molecule has 2 N–H and O–H groups in total. The molecule has 0 spiro atoms. The molecule has 202 valence electrons. The molecule has 4 heterocycles. The number of β-amino-alcohol motifs (C(OH)–C–C–N with tert-alkyl or cyclic N) is 1. The van der Waals surface area contributed by atoms with Crippen molar-refractivity contribution in [2.24, 2.45) is 5.92 Å². The zero-order valence-electron chi connectivity index (χ0n) is 22.3. The van der Waals surface area contributed by atoms with Crippen LogP contribution in [0.1, 0.15) is 27.2 Å². The molecule has 2 aliphatic rings. The van der Waals surface area contributed by atoms with Gasteiger partial charge in [0.1, 0.15) is 11.1 Å². The molecule has 1 amide bonds. The van der Waals surface area contributed by atoms with E-state index < -0.39 is 17.8 Å². The highest BCUT2D eigenvalue weighted by Gasteiger charge is 2.31. The Bertz CT molecular complexity index is 1260. The van der Waals surface area contributed by atoms with E-state index in [1.54, 1.807) is 17.3 Å². The molecule has 5 rings (SSSR count). The van der Waals surface area contributed by atoms with Gasteiger partial charge in [0.15, 0.2) is 5.82 Å². The van der Waals surface area contributed by atoms with Crippen molar-refractivity contribution in [1.82, 2.24) is 19.9 Å². The average molecular weight is 521 g/mol. The highest BCUT2D eigenvalue weighted by atomic mass is 16.6. The molecule has 38 heavy (non-hydrogen) atoms. The summed E-state index contributed by atoms with van der Waals surface area (Å²) in [4.78, 5) is 30.5. The van der Waals surface area contributed by atoms with E-state index in [0.29, 0.717) is 30.8 Å². The van der Waals surface area contributed by atoms with Crippen molar-refractivity contribution in [1.29, 1.82) is 0 Å². The van der Waals surface area contributed by atoms with Crippen LogP contribution in [0.2, 0.25) is 0 Å². The molecule has 2 atom stereocenters. The maximum atomic E-state index is 12.6. The second-order valence-electron chi connectivity index (χ2n) is 10.9. The summed E-state index contributed by atoms with van der Waals surface area (Å²) in [5.74, 6) is 0.656. The average Bonchev–Trinajstić information content (AvgIpc) is 2.91. The molecule has 2 unspecified atom stereocenters. The summed E-state index contributed by atoms with van der Waals surface area (Å²) >= 11 is 0. The van der Waals surface area contributed by atoms with E-state index in [0.717, 1.165) is 43.1 Å². The molecule has 10 heteroatoms. The number of fused-ring (bicyclic) bond motifs is 1. The van der Waals surface area contributed by atoms with E-state index in [2.05, 4.69) is 44.5 Å². The first-order valence-electron chi connectivity index (χ1n) is 13.2. The van der Waals surface area contributed by atoms with Crippen molar-refractivity contribution < 1.29 is 19.4 Å². The number of pyridine rings is 1. The minimum absolute atomic E-state index is 0.0243. The molecule has 2 saturated heterocycles. The van der Waals surface area contributed by atoms with E-state index >= 15 is 0 Å². The van der Waals surface area contributed by atoms with Gasteiger partial charge in [-0.25, -0.2) is 14.8 Å². The standard InChI is InChI=1S/C28H36N6O4/c1-28(2,3)38-27(36)34-17-19(14-22(35)18-34)16-31-26-25-24(29-8-9-30-25)15-23(32-26)20-4-6-21(7-5-20)33-10-12-37-13-11-33/h4-9,15,19,22,35H,10-14,16-18H2,1-3H3,(H,31,32). The number of anilines is 2. The van der Waals surface area contributed by atoms with Gasteiger partial charge in [-0.05, 0) is 51.3 Å². The molecule has 3 aromatic rings. The maximum absolute atomic E-state index is 12.6. The van der Waals surface area contributed by atoms with E-state index in [1.165, 1.54) is 5.69 Å². The van der Waals surface area contributed by atoms with Gasteiger partial charge in [0.2, 0.25) is 0 Å². The first kappa shape index (κ1) is 26.1. The number of hydrogen-bond acceptors (Lipinski definition) is 9. The first-order valence-corrected chi connectivity index (χ1v) is 13.2. The summed E-state index contributed by atoms with van der Waals surface area (Å²) in [5, 5.41) is 13.9. The molecule has 0 bridgehead atoms. The smallest absolute Gasteiger partial charge is 0.410 e. The number of carbonyl (C=O) groups excluding carboxylic acids is 1. The number of nitrogens with zero attached hydrogens (tertiary/aromatic N) is 5. The number of morpholine rings is 1. The number of benzene rings is 1. The van der Waals surface area contributed by atoms with Gasteiger partial charge >= 0.3 is 6.09 Å². The van der Waals surface area contributed by atoms with Crippen molar-refractivity contribution in [3.63, 3.8) is 0 Å². The van der Waals surface area contributed by atoms with Gasteiger partial charge in [-0.1, -0.05) is 12.1 Å². The summed E-state index contributed by atoms with van der Waals surface area (Å²) in [6, 6.07) is 10.3. The fourth-order valence-corrected chi connectivity index (χ4v) is 4.95. The second-order valence-corrected chi connectivity index (χ2v) is 10.9. The topological polar surface area (TPSA) is 113 Å². The van der Waals surface area contributed by atoms with Crippen LogP contribution >= 0.6 is 0 Å². The number of piperidine rings is 1. The molecule has 0 aliphatic carbocycles. The lowest BCUT2D eigenvalue weighted by molar-refractivity contribution is -0.00594. The van der Waals surface area contributed by atoms with Crippen molar-refractivity contribution in [2.75, 3.05) is 56.2 Å². The van der Waals surface area contributed by atoms with E-state index in [9.17, 15) is 9.90 Å². The molecule has 2 aromatic heterocycles. The number of carbonyl (C=O) groups is 1. The monoisotopic (exact) mass is 520 g/mol. The third kappa shape index (κ3) is 6.31. The predicted molar refractivity (Wildman–Crippen MR) is 146 cm³/mol. The molecule has 1 aromatic carbocycles. The van der Waals surface area contributed by atoms with Crippen molar-refractivity contribution in [2.45, 2.75) is 38.9 Å². The summed E-state index contributed by atoms with van der Waals surface area (Å²) in [6.07, 6.45) is 2.90. The van der Waals surface area contributed by atoms with Gasteiger partial charge < -0.3 is 29.7 Å². The lowest BCUT2D eigenvalue weighted by Crippen LogP contribution is -2.49. The summed E-state index contributed by atoms with van der Waals surface area (Å²) in [6.45, 7) is 10.1. The van der Waals surface area contributed by atoms with Gasteiger partial charge in [-0.15, -0.1) is 0 Å². The highest BCUT2D eigenvalue weighted by molar-refractivity contribution is 5.88. The second kappa shape index (κ2) is 11.1. The van der Waals surface area contributed by atoms with Gasteiger partial charge in [0, 0.05) is 56.4 Å². The Hall–Kier alpha value is -3.50. The number of likely N-dealkylation sites (tertiary alicyclic amines) is 1. The molecule has 0 saturated carbocycles. The quantitative estimate of drug-likeness (QED) is 0.521. The zero-order valence-corrected chi connectivity index (χ0v) is 22.3. The number of hydrogen-bond donors (Lipinski definition) is 2. The Morgan fingerprint density at radius 3 is 2.61 bits per heavy atom. The number of ether oxygens (including phenoxy) is 2. The van der Waals surface area contributed by atoms with Crippen molar-refractivity contribution in [3.05, 3.63) is 42.7 Å². The summed E-state index contributed by atoms with van der Waals surface area (Å²) in [5.41, 5.74) is 3.80. The number of aromatic nitrogens is 3.